The second-order valence-electron chi connectivity index (χ2n) is 15.6. The van der Waals surface area contributed by atoms with Crippen molar-refractivity contribution >= 4 is 14.0 Å². The molecule has 2 aliphatic rings. The van der Waals surface area contributed by atoms with E-state index in [9.17, 15) is 0 Å². The SMILES string of the molecule is Cc1ccc(C2(c3ccc(C)cc3C)OB(B3OC(c4ccccc4)C(c4ccc(C)cc4C)(c4ccc(C)cc4C)O3)OC2c2ccccc2)c(C)c1. The summed E-state index contributed by atoms with van der Waals surface area (Å²) in [4.78, 5) is 0. The second kappa shape index (κ2) is 14.2. The molecule has 54 heavy (non-hydrogen) atoms. The van der Waals surface area contributed by atoms with Crippen molar-refractivity contribution in [3.8, 4) is 0 Å². The van der Waals surface area contributed by atoms with Gasteiger partial charge in [0.1, 0.15) is 23.4 Å². The van der Waals surface area contributed by atoms with Gasteiger partial charge < -0.3 is 18.6 Å². The number of hydrogen-bond donors (Lipinski definition) is 0. The zero-order valence-corrected chi connectivity index (χ0v) is 32.6. The van der Waals surface area contributed by atoms with Crippen molar-refractivity contribution in [3.63, 3.8) is 0 Å². The predicted molar refractivity (Wildman–Crippen MR) is 219 cm³/mol. The highest BCUT2D eigenvalue weighted by Gasteiger charge is 2.66. The van der Waals surface area contributed by atoms with Crippen LogP contribution >= 0.6 is 0 Å². The molecule has 2 atom stereocenters. The molecule has 8 rings (SSSR count). The maximum absolute atomic E-state index is 7.59. The van der Waals surface area contributed by atoms with Gasteiger partial charge in [-0.2, -0.15) is 0 Å². The number of benzene rings is 6. The monoisotopic (exact) mass is 710 g/mol. The molecule has 2 saturated heterocycles. The van der Waals surface area contributed by atoms with Gasteiger partial charge in [0.05, 0.1) is 0 Å². The first-order valence-electron chi connectivity index (χ1n) is 19.1. The lowest BCUT2D eigenvalue weighted by Gasteiger charge is -2.38. The average molecular weight is 711 g/mol. The van der Waals surface area contributed by atoms with Gasteiger partial charge in [-0.15, -0.1) is 0 Å². The standard InChI is InChI=1S/C48H48B2O4/c1-31-19-23-41(35(5)27-31)47(42-24-20-32(2)28-36(42)6)45(39-15-11-9-12-16-39)51-49(53-47)50-52-46(40-17-13-10-14-18-40)48(54-50,43-25-21-33(3)29-37(43)7)44-26-22-34(4)30-38(44)8/h9-30,45-46H,1-8H3. The van der Waals surface area contributed by atoms with E-state index in [0.717, 1.165) is 55.6 Å². The number of hydrogen-bond acceptors (Lipinski definition) is 4. The Kier molecular flexibility index (Phi) is 9.52. The Hall–Kier alpha value is -4.71. The summed E-state index contributed by atoms with van der Waals surface area (Å²) in [7, 11) is -1.78. The minimum Gasteiger partial charge on any atom is -0.403 e. The molecular weight excluding hydrogens is 662 g/mol. The minimum atomic E-state index is -1.01. The molecule has 0 radical (unpaired) electrons. The van der Waals surface area contributed by atoms with Gasteiger partial charge >= 0.3 is 14.0 Å². The van der Waals surface area contributed by atoms with Gasteiger partial charge in [-0.3, -0.25) is 0 Å². The Balaban J connectivity index is 1.36. The van der Waals surface area contributed by atoms with Crippen molar-refractivity contribution in [1.82, 2.24) is 0 Å². The van der Waals surface area contributed by atoms with Crippen LogP contribution in [0.3, 0.4) is 0 Å². The van der Waals surface area contributed by atoms with Gasteiger partial charge in [0.25, 0.3) is 0 Å². The molecule has 6 heteroatoms. The van der Waals surface area contributed by atoms with E-state index >= 15 is 0 Å². The van der Waals surface area contributed by atoms with Crippen LogP contribution in [0.15, 0.2) is 133 Å². The summed E-state index contributed by atoms with van der Waals surface area (Å²) in [5.41, 5.74) is 13.6. The Bertz CT molecular complexity index is 2050. The van der Waals surface area contributed by atoms with Gasteiger partial charge in [0, 0.05) is 0 Å². The highest BCUT2D eigenvalue weighted by atomic mass is 16.7. The Morgan fingerprint density at radius 3 is 0.907 bits per heavy atom. The summed E-state index contributed by atoms with van der Waals surface area (Å²) in [5.74, 6) is 0. The van der Waals surface area contributed by atoms with E-state index < -0.39 is 37.4 Å². The summed E-state index contributed by atoms with van der Waals surface area (Å²) < 4.78 is 29.8. The molecule has 2 aliphatic heterocycles. The third-order valence-electron chi connectivity index (χ3n) is 11.4. The lowest BCUT2D eigenvalue weighted by atomic mass is 9.49. The van der Waals surface area contributed by atoms with Crippen molar-refractivity contribution in [3.05, 3.63) is 211 Å². The molecule has 2 unspecified atom stereocenters. The van der Waals surface area contributed by atoms with Gasteiger partial charge in [0.15, 0.2) is 0 Å². The van der Waals surface area contributed by atoms with E-state index in [4.69, 9.17) is 18.6 Å². The van der Waals surface area contributed by atoms with Crippen LogP contribution in [-0.4, -0.2) is 14.0 Å². The van der Waals surface area contributed by atoms with Crippen molar-refractivity contribution in [1.29, 1.82) is 0 Å². The molecule has 6 aromatic rings. The smallest absolute Gasteiger partial charge is 0.403 e. The normalized spacial score (nSPS) is 19.0. The van der Waals surface area contributed by atoms with Crippen molar-refractivity contribution in [2.45, 2.75) is 78.8 Å². The minimum absolute atomic E-state index is 0.508. The molecule has 0 bridgehead atoms. The molecule has 2 heterocycles. The van der Waals surface area contributed by atoms with Gasteiger partial charge in [-0.1, -0.05) is 156 Å². The van der Waals surface area contributed by atoms with Crippen LogP contribution in [0.5, 0.6) is 0 Å². The van der Waals surface area contributed by atoms with Crippen LogP contribution in [0.4, 0.5) is 0 Å². The van der Waals surface area contributed by atoms with Crippen LogP contribution < -0.4 is 0 Å². The molecule has 2 fully saturated rings. The molecule has 0 aromatic heterocycles. The van der Waals surface area contributed by atoms with E-state index in [2.05, 4.69) is 177 Å². The van der Waals surface area contributed by atoms with Gasteiger partial charge in [-0.05, 0) is 111 Å². The molecule has 0 spiro atoms. The zero-order valence-electron chi connectivity index (χ0n) is 32.6. The van der Waals surface area contributed by atoms with E-state index in [1.165, 1.54) is 22.3 Å². The van der Waals surface area contributed by atoms with Crippen LogP contribution in [-0.2, 0) is 29.8 Å². The fourth-order valence-corrected chi connectivity index (χ4v) is 9.16. The third kappa shape index (κ3) is 6.06. The number of rotatable bonds is 7. The Morgan fingerprint density at radius 2 is 0.648 bits per heavy atom. The number of aryl methyl sites for hydroxylation is 8. The summed E-state index contributed by atoms with van der Waals surface area (Å²) >= 11 is 0. The first kappa shape index (κ1) is 36.3. The Labute approximate surface area is 321 Å². The molecule has 0 N–H and O–H groups in total. The predicted octanol–water partition coefficient (Wildman–Crippen LogP) is 11.0. The van der Waals surface area contributed by atoms with E-state index in [0.29, 0.717) is 0 Å². The van der Waals surface area contributed by atoms with E-state index in [1.807, 2.05) is 12.1 Å². The summed E-state index contributed by atoms with van der Waals surface area (Å²) in [6.07, 6.45) is -1.02. The topological polar surface area (TPSA) is 36.9 Å². The molecule has 0 saturated carbocycles. The fourth-order valence-electron chi connectivity index (χ4n) is 9.16. The van der Waals surface area contributed by atoms with Crippen LogP contribution in [0.1, 0.15) is 90.1 Å². The van der Waals surface area contributed by atoms with Crippen LogP contribution in [0.25, 0.3) is 0 Å². The molecular formula is C48H48B2O4. The maximum atomic E-state index is 7.59. The van der Waals surface area contributed by atoms with E-state index in [-0.39, 0.29) is 0 Å². The van der Waals surface area contributed by atoms with Crippen molar-refractivity contribution < 1.29 is 18.6 Å². The molecule has 4 nitrogen and oxygen atoms in total. The molecule has 0 aliphatic carbocycles. The van der Waals surface area contributed by atoms with Crippen molar-refractivity contribution in [2.24, 2.45) is 0 Å². The zero-order chi connectivity index (χ0) is 37.8. The highest BCUT2D eigenvalue weighted by molar-refractivity contribution is 7.11. The molecule has 6 aromatic carbocycles. The quantitative estimate of drug-likeness (QED) is 0.155. The average Bonchev–Trinajstić information content (AvgIpc) is 3.73. The molecule has 270 valence electrons. The second-order valence-corrected chi connectivity index (χ2v) is 15.6. The van der Waals surface area contributed by atoms with Gasteiger partial charge in [-0.25, -0.2) is 0 Å². The van der Waals surface area contributed by atoms with Crippen LogP contribution in [0.2, 0.25) is 0 Å². The highest BCUT2D eigenvalue weighted by Crippen LogP contribution is 2.58. The fraction of sp³-hybridized carbons (Fsp3) is 0.250. The lowest BCUT2D eigenvalue weighted by molar-refractivity contribution is 0.0705. The van der Waals surface area contributed by atoms with Crippen LogP contribution in [0, 0.1) is 55.4 Å². The maximum Gasteiger partial charge on any atom is 0.489 e. The summed E-state index contributed by atoms with van der Waals surface area (Å²) in [5, 5.41) is 0. The first-order valence-corrected chi connectivity index (χ1v) is 19.1. The molecule has 0 amide bonds. The third-order valence-corrected chi connectivity index (χ3v) is 11.4. The van der Waals surface area contributed by atoms with Gasteiger partial charge in [0.2, 0.25) is 0 Å². The van der Waals surface area contributed by atoms with E-state index in [1.54, 1.807) is 0 Å². The van der Waals surface area contributed by atoms with Crippen molar-refractivity contribution in [2.75, 3.05) is 0 Å². The summed E-state index contributed by atoms with van der Waals surface area (Å²) in [6, 6.07) is 47.4. The summed E-state index contributed by atoms with van der Waals surface area (Å²) in [6.45, 7) is 17.2. The first-order chi connectivity index (χ1) is 26.0. The lowest BCUT2D eigenvalue weighted by Crippen LogP contribution is -2.44. The Morgan fingerprint density at radius 1 is 0.370 bits per heavy atom. The largest absolute Gasteiger partial charge is 0.489 e.